The van der Waals surface area contributed by atoms with E-state index in [2.05, 4.69) is 4.72 Å². The molecule has 0 heterocycles. The van der Waals surface area contributed by atoms with Crippen LogP contribution in [0.1, 0.15) is 22.3 Å². The normalized spacial score (nSPS) is 10.9. The highest BCUT2D eigenvalue weighted by atomic mass is 35.5. The van der Waals surface area contributed by atoms with Crippen LogP contribution in [0.4, 0.5) is 5.69 Å². The first-order valence-corrected chi connectivity index (χ1v) is 9.77. The number of sulfonamides is 1. The number of thioether (sulfide) groups is 1. The molecule has 0 fully saturated rings. The van der Waals surface area contributed by atoms with Crippen molar-refractivity contribution in [2.24, 2.45) is 5.73 Å². The molecular formula is C17H22ClN3O3S2. The number of phenolic OH excluding ortho intramolecular Hbond substituents is 1. The van der Waals surface area contributed by atoms with Crippen molar-refractivity contribution < 1.29 is 13.5 Å². The van der Waals surface area contributed by atoms with Crippen molar-refractivity contribution in [1.29, 1.82) is 5.41 Å². The largest absolute Gasteiger partial charge is 0.507 e. The number of aromatic hydroxyl groups is 1. The van der Waals surface area contributed by atoms with Gasteiger partial charge in [0.2, 0.25) is 0 Å². The molecule has 0 aromatic heterocycles. The van der Waals surface area contributed by atoms with Crippen LogP contribution in [-0.4, -0.2) is 18.7 Å². The molecule has 0 amide bonds. The van der Waals surface area contributed by atoms with Crippen LogP contribution in [-0.2, 0) is 10.0 Å². The SMILES string of the molecule is Cc1cc(C)c(S(=O)(=O)Nc2cc(SC(=N)N)c(O)cc2C)c(C)c1.Cl. The van der Waals surface area contributed by atoms with E-state index >= 15 is 0 Å². The number of amidine groups is 1. The Bertz CT molecular complexity index is 937. The lowest BCUT2D eigenvalue weighted by Crippen LogP contribution is -2.16. The van der Waals surface area contributed by atoms with Gasteiger partial charge in [-0.25, -0.2) is 8.42 Å². The standard InChI is InChI=1S/C17H21N3O3S2.ClH/c1-9-5-11(3)16(12(4)6-9)25(22,23)20-13-8-15(24-17(18)19)14(21)7-10(13)2;/h5-8,20-21H,1-4H3,(H3,18,19);1H. The molecule has 0 saturated carbocycles. The third-order valence-electron chi connectivity index (χ3n) is 3.64. The molecule has 0 spiro atoms. The van der Waals surface area contributed by atoms with Gasteiger partial charge in [-0.2, -0.15) is 0 Å². The molecule has 2 aromatic rings. The van der Waals surface area contributed by atoms with Gasteiger partial charge in [0.25, 0.3) is 10.0 Å². The first-order valence-electron chi connectivity index (χ1n) is 7.47. The van der Waals surface area contributed by atoms with Gasteiger partial charge in [0, 0.05) is 0 Å². The van der Waals surface area contributed by atoms with Gasteiger partial charge in [-0.05, 0) is 68.3 Å². The fourth-order valence-electron chi connectivity index (χ4n) is 2.77. The van der Waals surface area contributed by atoms with Crippen molar-refractivity contribution in [1.82, 2.24) is 0 Å². The van der Waals surface area contributed by atoms with Gasteiger partial charge < -0.3 is 10.8 Å². The Morgan fingerprint density at radius 1 is 1.08 bits per heavy atom. The molecule has 9 heteroatoms. The second-order valence-corrected chi connectivity index (χ2v) is 8.64. The Labute approximate surface area is 164 Å². The number of benzene rings is 2. The number of nitrogens with two attached hydrogens (primary N) is 1. The third kappa shape index (κ3) is 4.84. The summed E-state index contributed by atoms with van der Waals surface area (Å²) in [4.78, 5) is 0.555. The van der Waals surface area contributed by atoms with E-state index in [-0.39, 0.29) is 28.2 Å². The highest BCUT2D eigenvalue weighted by molar-refractivity contribution is 8.13. The third-order valence-corrected chi connectivity index (χ3v) is 6.08. The zero-order valence-corrected chi connectivity index (χ0v) is 17.3. The van der Waals surface area contributed by atoms with Crippen molar-refractivity contribution in [2.75, 3.05) is 4.72 Å². The number of hydrogen-bond acceptors (Lipinski definition) is 5. The minimum absolute atomic E-state index is 0. The van der Waals surface area contributed by atoms with E-state index in [0.29, 0.717) is 27.3 Å². The smallest absolute Gasteiger partial charge is 0.262 e. The molecule has 0 unspecified atom stereocenters. The molecular weight excluding hydrogens is 394 g/mol. The first kappa shape index (κ1) is 22.1. The molecule has 26 heavy (non-hydrogen) atoms. The average Bonchev–Trinajstić information content (AvgIpc) is 2.41. The maximum absolute atomic E-state index is 12.9. The van der Waals surface area contributed by atoms with Crippen LogP contribution in [0.2, 0.25) is 0 Å². The number of phenols is 1. The van der Waals surface area contributed by atoms with Crippen molar-refractivity contribution >= 4 is 45.0 Å². The Morgan fingerprint density at radius 2 is 1.62 bits per heavy atom. The second-order valence-electron chi connectivity index (χ2n) is 5.93. The number of halogens is 1. The van der Waals surface area contributed by atoms with Gasteiger partial charge in [-0.3, -0.25) is 10.1 Å². The number of anilines is 1. The van der Waals surface area contributed by atoms with E-state index in [9.17, 15) is 13.5 Å². The number of hydrogen-bond donors (Lipinski definition) is 4. The fraction of sp³-hybridized carbons (Fsp3) is 0.235. The lowest BCUT2D eigenvalue weighted by atomic mass is 10.1. The molecule has 6 nitrogen and oxygen atoms in total. The molecule has 0 aliphatic heterocycles. The minimum Gasteiger partial charge on any atom is -0.507 e. The molecule has 2 rings (SSSR count). The second kappa shape index (κ2) is 8.20. The predicted molar refractivity (Wildman–Crippen MR) is 109 cm³/mol. The van der Waals surface area contributed by atoms with Crippen molar-refractivity contribution in [3.8, 4) is 5.75 Å². The maximum atomic E-state index is 12.9. The van der Waals surface area contributed by atoms with Gasteiger partial charge in [-0.1, -0.05) is 17.7 Å². The minimum atomic E-state index is -3.80. The highest BCUT2D eigenvalue weighted by Gasteiger charge is 2.21. The number of aryl methyl sites for hydroxylation is 4. The maximum Gasteiger partial charge on any atom is 0.262 e. The van der Waals surface area contributed by atoms with E-state index < -0.39 is 10.0 Å². The lowest BCUT2D eigenvalue weighted by molar-refractivity contribution is 0.462. The fourth-order valence-corrected chi connectivity index (χ4v) is 4.92. The summed E-state index contributed by atoms with van der Waals surface area (Å²) in [5.74, 6) is -0.0525. The molecule has 0 bridgehead atoms. The van der Waals surface area contributed by atoms with Crippen LogP contribution in [0.25, 0.3) is 0 Å². The number of rotatable bonds is 4. The Hall–Kier alpha value is -1.90. The lowest BCUT2D eigenvalue weighted by Gasteiger charge is -2.16. The van der Waals surface area contributed by atoms with Crippen molar-refractivity contribution in [2.45, 2.75) is 37.5 Å². The van der Waals surface area contributed by atoms with Crippen molar-refractivity contribution in [3.05, 3.63) is 46.5 Å². The summed E-state index contributed by atoms with van der Waals surface area (Å²) in [5.41, 5.74) is 8.58. The van der Waals surface area contributed by atoms with Crippen LogP contribution in [0.5, 0.6) is 5.75 Å². The Kier molecular flexibility index (Phi) is 6.98. The predicted octanol–water partition coefficient (Wildman–Crippen LogP) is 3.83. The van der Waals surface area contributed by atoms with Crippen LogP contribution in [0.3, 0.4) is 0 Å². The summed E-state index contributed by atoms with van der Waals surface area (Å²) in [5, 5.41) is 17.1. The molecule has 2 aromatic carbocycles. The highest BCUT2D eigenvalue weighted by Crippen LogP contribution is 2.34. The van der Waals surface area contributed by atoms with E-state index in [1.165, 1.54) is 12.1 Å². The summed E-state index contributed by atoms with van der Waals surface area (Å²) in [7, 11) is -3.80. The van der Waals surface area contributed by atoms with Gasteiger partial charge in [0.15, 0.2) is 5.17 Å². The molecule has 5 N–H and O–H groups in total. The molecule has 0 aliphatic rings. The monoisotopic (exact) mass is 415 g/mol. The van der Waals surface area contributed by atoms with Crippen LogP contribution in [0.15, 0.2) is 34.1 Å². The van der Waals surface area contributed by atoms with E-state index in [4.69, 9.17) is 11.1 Å². The van der Waals surface area contributed by atoms with Crippen LogP contribution in [0, 0.1) is 33.1 Å². The van der Waals surface area contributed by atoms with E-state index in [0.717, 1.165) is 17.3 Å². The molecule has 0 atom stereocenters. The van der Waals surface area contributed by atoms with Crippen molar-refractivity contribution in [3.63, 3.8) is 0 Å². The summed E-state index contributed by atoms with van der Waals surface area (Å²) in [6, 6.07) is 6.57. The van der Waals surface area contributed by atoms with E-state index in [1.54, 1.807) is 20.8 Å². The van der Waals surface area contributed by atoms with Gasteiger partial charge >= 0.3 is 0 Å². The zero-order valence-electron chi connectivity index (χ0n) is 14.9. The van der Waals surface area contributed by atoms with Gasteiger partial charge in [0.05, 0.1) is 15.5 Å². The molecule has 142 valence electrons. The van der Waals surface area contributed by atoms with Crippen LogP contribution < -0.4 is 10.5 Å². The molecule has 0 aliphatic carbocycles. The first-order chi connectivity index (χ1) is 11.5. The molecule has 0 radical (unpaired) electrons. The topological polar surface area (TPSA) is 116 Å². The molecule has 0 saturated heterocycles. The average molecular weight is 416 g/mol. The quantitative estimate of drug-likeness (QED) is 0.262. The number of nitrogens with one attached hydrogen (secondary N) is 2. The summed E-state index contributed by atoms with van der Waals surface area (Å²) in [6.45, 7) is 7.12. The Morgan fingerprint density at radius 3 is 2.12 bits per heavy atom. The van der Waals surface area contributed by atoms with E-state index in [1.807, 2.05) is 19.1 Å². The Balaban J connectivity index is 0.00000338. The zero-order chi connectivity index (χ0) is 18.9. The summed E-state index contributed by atoms with van der Waals surface area (Å²) >= 11 is 0.854. The summed E-state index contributed by atoms with van der Waals surface area (Å²) < 4.78 is 28.3. The summed E-state index contributed by atoms with van der Waals surface area (Å²) in [6.07, 6.45) is 0. The van der Waals surface area contributed by atoms with Gasteiger partial charge in [-0.15, -0.1) is 12.4 Å². The van der Waals surface area contributed by atoms with Crippen LogP contribution >= 0.6 is 24.2 Å². The van der Waals surface area contributed by atoms with Gasteiger partial charge in [0.1, 0.15) is 5.75 Å².